The predicted octanol–water partition coefficient (Wildman–Crippen LogP) is 3.30. The van der Waals surface area contributed by atoms with Crippen LogP contribution in [0.4, 0.5) is 10.1 Å². The minimum Gasteiger partial charge on any atom is -0.338 e. The molecule has 0 radical (unpaired) electrons. The highest BCUT2D eigenvalue weighted by Crippen LogP contribution is 2.24. The van der Waals surface area contributed by atoms with Crippen molar-refractivity contribution >= 4 is 21.6 Å². The Hall–Kier alpha value is -3.20. The average molecular weight is 428 g/mol. The smallest absolute Gasteiger partial charge is 0.261 e. The third-order valence-corrected chi connectivity index (χ3v) is 6.60. The Labute approximate surface area is 174 Å². The summed E-state index contributed by atoms with van der Waals surface area (Å²) in [7, 11) is -3.83. The second-order valence-electron chi connectivity index (χ2n) is 7.17. The van der Waals surface area contributed by atoms with Crippen LogP contribution >= 0.6 is 0 Å². The molecule has 1 aromatic heterocycles. The average Bonchev–Trinajstić information content (AvgIpc) is 3.29. The molecule has 1 aliphatic heterocycles. The van der Waals surface area contributed by atoms with Gasteiger partial charge in [-0.3, -0.25) is 9.52 Å². The van der Waals surface area contributed by atoms with Crippen LogP contribution in [-0.2, 0) is 10.0 Å². The van der Waals surface area contributed by atoms with Crippen molar-refractivity contribution in [1.82, 2.24) is 14.5 Å². The zero-order valence-corrected chi connectivity index (χ0v) is 16.9. The van der Waals surface area contributed by atoms with E-state index in [9.17, 15) is 17.6 Å². The maximum Gasteiger partial charge on any atom is 0.261 e. The van der Waals surface area contributed by atoms with Crippen LogP contribution < -0.4 is 4.72 Å². The molecule has 0 saturated carbocycles. The molecule has 0 atom stereocenters. The van der Waals surface area contributed by atoms with Gasteiger partial charge in [0.15, 0.2) is 0 Å². The fourth-order valence-corrected chi connectivity index (χ4v) is 4.60. The standard InChI is InChI=1S/C21H21FN4O3S/c22-17-3-7-20(8-4-17)30(28,29)24-18-5-1-16(2-6-18)21(27)25-12-9-19(10-13-25)26-14-11-23-15-26/h1-8,11,14-15,19,24H,9-10,12-13H2. The Morgan fingerprint density at radius 1 is 1.03 bits per heavy atom. The van der Waals surface area contributed by atoms with Crippen LogP contribution in [0.5, 0.6) is 0 Å². The number of piperidine rings is 1. The van der Waals surface area contributed by atoms with Gasteiger partial charge in [0.1, 0.15) is 5.82 Å². The summed E-state index contributed by atoms with van der Waals surface area (Å²) < 4.78 is 42.3. The molecule has 9 heteroatoms. The predicted molar refractivity (Wildman–Crippen MR) is 110 cm³/mol. The van der Waals surface area contributed by atoms with E-state index in [0.29, 0.717) is 30.4 Å². The zero-order chi connectivity index (χ0) is 21.1. The number of sulfonamides is 1. The first-order valence-electron chi connectivity index (χ1n) is 9.57. The summed E-state index contributed by atoms with van der Waals surface area (Å²) in [6.45, 7) is 1.31. The molecule has 2 aromatic carbocycles. The van der Waals surface area contributed by atoms with E-state index in [1.165, 1.54) is 12.1 Å². The Kier molecular flexibility index (Phi) is 5.54. The van der Waals surface area contributed by atoms with Crippen molar-refractivity contribution in [2.45, 2.75) is 23.8 Å². The summed E-state index contributed by atoms with van der Waals surface area (Å²) in [4.78, 5) is 18.6. The van der Waals surface area contributed by atoms with Gasteiger partial charge in [-0.25, -0.2) is 17.8 Å². The second-order valence-corrected chi connectivity index (χ2v) is 8.85. The Balaban J connectivity index is 1.38. The maximum absolute atomic E-state index is 13.0. The van der Waals surface area contributed by atoms with E-state index < -0.39 is 15.8 Å². The molecule has 1 amide bonds. The van der Waals surface area contributed by atoms with Crippen LogP contribution in [0.3, 0.4) is 0 Å². The molecular formula is C21H21FN4O3S. The molecule has 3 aromatic rings. The van der Waals surface area contributed by atoms with Crippen molar-refractivity contribution in [3.8, 4) is 0 Å². The quantitative estimate of drug-likeness (QED) is 0.676. The minimum atomic E-state index is -3.83. The Morgan fingerprint density at radius 2 is 1.70 bits per heavy atom. The number of hydrogen-bond acceptors (Lipinski definition) is 4. The number of carbonyl (C=O) groups excluding carboxylic acids is 1. The molecule has 156 valence electrons. The molecule has 1 saturated heterocycles. The van der Waals surface area contributed by atoms with Crippen LogP contribution in [0, 0.1) is 5.82 Å². The topological polar surface area (TPSA) is 84.3 Å². The number of halogens is 1. The fourth-order valence-electron chi connectivity index (χ4n) is 3.54. The van der Waals surface area contributed by atoms with Crippen molar-refractivity contribution in [2.75, 3.05) is 17.8 Å². The lowest BCUT2D eigenvalue weighted by Crippen LogP contribution is -2.38. The number of rotatable bonds is 5. The first-order valence-corrected chi connectivity index (χ1v) is 11.1. The van der Waals surface area contributed by atoms with Gasteiger partial charge in [0.2, 0.25) is 0 Å². The number of benzene rings is 2. The van der Waals surface area contributed by atoms with E-state index in [0.717, 1.165) is 25.0 Å². The molecule has 0 bridgehead atoms. The molecule has 1 fully saturated rings. The lowest BCUT2D eigenvalue weighted by molar-refractivity contribution is 0.0694. The van der Waals surface area contributed by atoms with Crippen molar-refractivity contribution in [2.24, 2.45) is 0 Å². The lowest BCUT2D eigenvalue weighted by atomic mass is 10.0. The molecule has 0 unspecified atom stereocenters. The van der Waals surface area contributed by atoms with Gasteiger partial charge in [-0.05, 0) is 61.4 Å². The van der Waals surface area contributed by atoms with Crippen molar-refractivity contribution < 1.29 is 17.6 Å². The normalized spacial score (nSPS) is 15.2. The third-order valence-electron chi connectivity index (χ3n) is 5.21. The summed E-state index contributed by atoms with van der Waals surface area (Å²) in [5.41, 5.74) is 0.829. The third kappa shape index (κ3) is 4.35. The molecule has 4 rings (SSSR count). The van der Waals surface area contributed by atoms with E-state index in [2.05, 4.69) is 14.3 Å². The SMILES string of the molecule is O=C(c1ccc(NS(=O)(=O)c2ccc(F)cc2)cc1)N1CCC(n2ccnc2)CC1. The van der Waals surface area contributed by atoms with Crippen LogP contribution in [0.2, 0.25) is 0 Å². The molecular weight excluding hydrogens is 407 g/mol. The molecule has 0 aliphatic carbocycles. The molecule has 7 nitrogen and oxygen atoms in total. The van der Waals surface area contributed by atoms with Gasteiger partial charge in [0.05, 0.1) is 11.2 Å². The molecule has 0 spiro atoms. The van der Waals surface area contributed by atoms with Gasteiger partial charge in [0.25, 0.3) is 15.9 Å². The Bertz CT molecular complexity index is 1110. The number of imidazole rings is 1. The first kappa shape index (κ1) is 20.1. The fraction of sp³-hybridized carbons (Fsp3) is 0.238. The second kappa shape index (κ2) is 8.27. The van der Waals surface area contributed by atoms with E-state index in [1.807, 2.05) is 11.1 Å². The summed E-state index contributed by atoms with van der Waals surface area (Å²) in [6.07, 6.45) is 7.21. The van der Waals surface area contributed by atoms with Crippen molar-refractivity contribution in [1.29, 1.82) is 0 Å². The van der Waals surface area contributed by atoms with Crippen LogP contribution in [0.15, 0.2) is 72.1 Å². The van der Waals surface area contributed by atoms with Crippen molar-refractivity contribution in [3.05, 3.63) is 78.6 Å². The van der Waals surface area contributed by atoms with E-state index in [4.69, 9.17) is 0 Å². The monoisotopic (exact) mass is 428 g/mol. The molecule has 1 aliphatic rings. The Morgan fingerprint density at radius 3 is 2.30 bits per heavy atom. The number of anilines is 1. The molecule has 30 heavy (non-hydrogen) atoms. The highest BCUT2D eigenvalue weighted by atomic mass is 32.2. The van der Waals surface area contributed by atoms with E-state index in [-0.39, 0.29) is 10.8 Å². The van der Waals surface area contributed by atoms with Gasteiger partial charge in [-0.1, -0.05) is 0 Å². The number of carbonyl (C=O) groups is 1. The summed E-state index contributed by atoms with van der Waals surface area (Å²) in [6, 6.07) is 11.2. The first-order chi connectivity index (χ1) is 14.4. The van der Waals surface area contributed by atoms with Gasteiger partial charge in [-0.2, -0.15) is 0 Å². The lowest BCUT2D eigenvalue weighted by Gasteiger charge is -2.32. The largest absolute Gasteiger partial charge is 0.338 e. The zero-order valence-electron chi connectivity index (χ0n) is 16.1. The summed E-state index contributed by atoms with van der Waals surface area (Å²) >= 11 is 0. The number of nitrogens with zero attached hydrogens (tertiary/aromatic N) is 3. The number of aromatic nitrogens is 2. The minimum absolute atomic E-state index is 0.0372. The summed E-state index contributed by atoms with van der Waals surface area (Å²) in [5.74, 6) is -0.585. The maximum atomic E-state index is 13.0. The highest BCUT2D eigenvalue weighted by molar-refractivity contribution is 7.92. The van der Waals surface area contributed by atoms with Crippen LogP contribution in [-0.4, -0.2) is 41.9 Å². The van der Waals surface area contributed by atoms with Gasteiger partial charge < -0.3 is 9.47 Å². The van der Waals surface area contributed by atoms with E-state index >= 15 is 0 Å². The number of hydrogen-bond donors (Lipinski definition) is 1. The van der Waals surface area contributed by atoms with Crippen molar-refractivity contribution in [3.63, 3.8) is 0 Å². The van der Waals surface area contributed by atoms with E-state index in [1.54, 1.807) is 36.8 Å². The highest BCUT2D eigenvalue weighted by Gasteiger charge is 2.24. The number of likely N-dealkylation sites (tertiary alicyclic amines) is 1. The number of nitrogens with one attached hydrogen (secondary N) is 1. The van der Waals surface area contributed by atoms with Gasteiger partial charge >= 0.3 is 0 Å². The van der Waals surface area contributed by atoms with Gasteiger partial charge in [0, 0.05) is 42.8 Å². The molecule has 1 N–H and O–H groups in total. The van der Waals surface area contributed by atoms with Gasteiger partial charge in [-0.15, -0.1) is 0 Å². The number of amides is 1. The van der Waals surface area contributed by atoms with Crippen LogP contribution in [0.1, 0.15) is 29.2 Å². The summed E-state index contributed by atoms with van der Waals surface area (Å²) in [5, 5.41) is 0. The molecule has 2 heterocycles. The van der Waals surface area contributed by atoms with Crippen LogP contribution in [0.25, 0.3) is 0 Å².